The highest BCUT2D eigenvalue weighted by Gasteiger charge is 2.22. The summed E-state index contributed by atoms with van der Waals surface area (Å²) in [5, 5.41) is 6.63. The summed E-state index contributed by atoms with van der Waals surface area (Å²) in [6.07, 6.45) is 0. The summed E-state index contributed by atoms with van der Waals surface area (Å²) in [5.41, 5.74) is 10.3. The van der Waals surface area contributed by atoms with Gasteiger partial charge in [0.1, 0.15) is 22.3 Å². The van der Waals surface area contributed by atoms with Crippen LogP contribution in [0.1, 0.15) is 0 Å². The Morgan fingerprint density at radius 1 is 0.409 bits per heavy atom. The molecule has 0 spiro atoms. The molecule has 44 heavy (non-hydrogen) atoms. The van der Waals surface area contributed by atoms with Gasteiger partial charge in [-0.2, -0.15) is 0 Å². The molecule has 9 aromatic rings. The van der Waals surface area contributed by atoms with Crippen LogP contribution in [0.4, 0.5) is 5.69 Å². The van der Waals surface area contributed by atoms with Gasteiger partial charge < -0.3 is 8.83 Å². The van der Waals surface area contributed by atoms with Crippen molar-refractivity contribution in [2.75, 3.05) is 0 Å². The van der Waals surface area contributed by atoms with Crippen LogP contribution in [0, 0.1) is 6.57 Å². The van der Waals surface area contributed by atoms with Gasteiger partial charge in [-0.15, -0.1) is 0 Å². The lowest BCUT2D eigenvalue weighted by Crippen LogP contribution is -1.88. The number of rotatable bonds is 3. The first-order valence-corrected chi connectivity index (χ1v) is 14.6. The van der Waals surface area contributed by atoms with E-state index in [0.29, 0.717) is 5.69 Å². The maximum absolute atomic E-state index is 7.57. The van der Waals surface area contributed by atoms with E-state index in [0.717, 1.165) is 88.0 Å². The molecule has 0 fully saturated rings. The predicted octanol–water partition coefficient (Wildman–Crippen LogP) is 12.2. The van der Waals surface area contributed by atoms with Crippen molar-refractivity contribution in [2.24, 2.45) is 0 Å². The Balaban J connectivity index is 1.30. The molecule has 0 radical (unpaired) electrons. The third kappa shape index (κ3) is 3.55. The molecule has 0 aliphatic heterocycles. The molecule has 2 heterocycles. The first-order valence-electron chi connectivity index (χ1n) is 14.6. The topological polar surface area (TPSA) is 30.6 Å². The molecule has 0 N–H and O–H groups in total. The largest absolute Gasteiger partial charge is 0.455 e. The average Bonchev–Trinajstić information content (AvgIpc) is 3.65. The second kappa shape index (κ2) is 9.46. The van der Waals surface area contributed by atoms with Crippen LogP contribution < -0.4 is 0 Å². The highest BCUT2D eigenvalue weighted by Crippen LogP contribution is 2.47. The molecule has 2 aromatic heterocycles. The first-order chi connectivity index (χ1) is 21.8. The molecule has 0 aliphatic carbocycles. The predicted molar refractivity (Wildman–Crippen MR) is 181 cm³/mol. The fraction of sp³-hybridized carbons (Fsp3) is 0. The number of fused-ring (bicyclic) bond motifs is 7. The van der Waals surface area contributed by atoms with Gasteiger partial charge in [-0.05, 0) is 56.8 Å². The van der Waals surface area contributed by atoms with E-state index in [-0.39, 0.29) is 0 Å². The van der Waals surface area contributed by atoms with Crippen LogP contribution in [0.15, 0.2) is 148 Å². The van der Waals surface area contributed by atoms with Crippen molar-refractivity contribution in [3.8, 4) is 33.4 Å². The monoisotopic (exact) mass is 561 g/mol. The van der Waals surface area contributed by atoms with Crippen LogP contribution in [-0.2, 0) is 0 Å². The maximum atomic E-state index is 7.57. The lowest BCUT2D eigenvalue weighted by Gasteiger charge is -2.13. The molecule has 0 unspecified atom stereocenters. The second-order valence-electron chi connectivity index (χ2n) is 11.1. The van der Waals surface area contributed by atoms with Gasteiger partial charge in [0.05, 0.1) is 12.1 Å². The van der Waals surface area contributed by atoms with Crippen LogP contribution in [0.3, 0.4) is 0 Å². The third-order valence-corrected chi connectivity index (χ3v) is 8.74. The Hall–Kier alpha value is -6.11. The van der Waals surface area contributed by atoms with Gasteiger partial charge in [0.25, 0.3) is 0 Å². The fourth-order valence-corrected chi connectivity index (χ4v) is 6.69. The summed E-state index contributed by atoms with van der Waals surface area (Å²) in [6.45, 7) is 7.57. The molecule has 0 amide bonds. The molecule has 3 nitrogen and oxygen atoms in total. The zero-order valence-corrected chi connectivity index (χ0v) is 23.5. The van der Waals surface area contributed by atoms with Gasteiger partial charge >= 0.3 is 0 Å². The minimum Gasteiger partial charge on any atom is -0.455 e. The number of hydrogen-bond acceptors (Lipinski definition) is 2. The molecular weight excluding hydrogens is 538 g/mol. The lowest BCUT2D eigenvalue weighted by molar-refractivity contribution is 0.658. The highest BCUT2D eigenvalue weighted by molar-refractivity contribution is 6.24. The van der Waals surface area contributed by atoms with Crippen LogP contribution in [0.2, 0.25) is 0 Å². The Labute approximate surface area is 253 Å². The first kappa shape index (κ1) is 24.5. The summed E-state index contributed by atoms with van der Waals surface area (Å²) in [4.78, 5) is 3.71. The minimum absolute atomic E-state index is 0.659. The van der Waals surface area contributed by atoms with Crippen molar-refractivity contribution in [2.45, 2.75) is 0 Å². The Morgan fingerprint density at radius 3 is 1.50 bits per heavy atom. The van der Waals surface area contributed by atoms with Crippen molar-refractivity contribution in [1.82, 2.24) is 0 Å². The van der Waals surface area contributed by atoms with Crippen LogP contribution >= 0.6 is 0 Å². The number of nitrogens with zero attached hydrogens (tertiary/aromatic N) is 1. The number of para-hydroxylation sites is 3. The van der Waals surface area contributed by atoms with E-state index in [4.69, 9.17) is 15.4 Å². The maximum Gasteiger partial charge on any atom is 0.194 e. The molecule has 0 saturated heterocycles. The minimum atomic E-state index is 0.659. The van der Waals surface area contributed by atoms with Gasteiger partial charge in [-0.3, -0.25) is 0 Å². The van der Waals surface area contributed by atoms with E-state index >= 15 is 0 Å². The lowest BCUT2D eigenvalue weighted by atomic mass is 9.90. The van der Waals surface area contributed by atoms with Crippen LogP contribution in [0.5, 0.6) is 0 Å². The van der Waals surface area contributed by atoms with Crippen LogP contribution in [-0.4, -0.2) is 0 Å². The van der Waals surface area contributed by atoms with E-state index in [1.165, 1.54) is 0 Å². The molecule has 0 aliphatic rings. The molecule has 9 rings (SSSR count). The van der Waals surface area contributed by atoms with Crippen molar-refractivity contribution >= 4 is 60.3 Å². The van der Waals surface area contributed by atoms with Crippen molar-refractivity contribution in [1.29, 1.82) is 0 Å². The molecule has 0 bridgehead atoms. The van der Waals surface area contributed by atoms with Gasteiger partial charge in [0, 0.05) is 21.5 Å². The summed E-state index contributed by atoms with van der Waals surface area (Å²) in [6, 6.07) is 47.9. The van der Waals surface area contributed by atoms with E-state index in [2.05, 4.69) is 95.8 Å². The van der Waals surface area contributed by atoms with Crippen molar-refractivity contribution in [3.05, 3.63) is 151 Å². The normalized spacial score (nSPS) is 11.6. The van der Waals surface area contributed by atoms with Gasteiger partial charge in [-0.1, -0.05) is 121 Å². The van der Waals surface area contributed by atoms with E-state index in [1.54, 1.807) is 0 Å². The summed E-state index contributed by atoms with van der Waals surface area (Å²) in [7, 11) is 0. The molecular formula is C41H23NO2. The zero-order chi connectivity index (χ0) is 29.2. The highest BCUT2D eigenvalue weighted by atomic mass is 16.3. The van der Waals surface area contributed by atoms with E-state index in [9.17, 15) is 0 Å². The van der Waals surface area contributed by atoms with Crippen molar-refractivity contribution < 1.29 is 8.83 Å². The van der Waals surface area contributed by atoms with E-state index < -0.39 is 0 Å². The molecule has 0 saturated carbocycles. The van der Waals surface area contributed by atoms with Gasteiger partial charge in [0.15, 0.2) is 5.69 Å². The third-order valence-electron chi connectivity index (χ3n) is 8.74. The smallest absolute Gasteiger partial charge is 0.194 e. The van der Waals surface area contributed by atoms with Gasteiger partial charge in [-0.25, -0.2) is 4.85 Å². The van der Waals surface area contributed by atoms with Gasteiger partial charge in [0.2, 0.25) is 0 Å². The number of benzene rings is 7. The molecule has 0 atom stereocenters. The average molecular weight is 562 g/mol. The Bertz CT molecular complexity index is 2520. The quantitative estimate of drug-likeness (QED) is 0.201. The van der Waals surface area contributed by atoms with Crippen LogP contribution in [0.25, 0.3) is 92.9 Å². The molecule has 7 aromatic carbocycles. The van der Waals surface area contributed by atoms with Crippen molar-refractivity contribution in [3.63, 3.8) is 0 Å². The summed E-state index contributed by atoms with van der Waals surface area (Å²) < 4.78 is 13.2. The summed E-state index contributed by atoms with van der Waals surface area (Å²) >= 11 is 0. The Morgan fingerprint density at radius 2 is 0.886 bits per heavy atom. The fourth-order valence-electron chi connectivity index (χ4n) is 6.69. The zero-order valence-electron chi connectivity index (χ0n) is 23.5. The summed E-state index contributed by atoms with van der Waals surface area (Å²) in [5.74, 6) is 0. The Kier molecular flexibility index (Phi) is 5.26. The second-order valence-corrected chi connectivity index (χ2v) is 11.1. The standard InChI is InChI=1S/C41H23NO2/c1-42-36-15-7-4-10-28(36)26-20-18-25(19-21-26)27-22-23-33(30-12-3-2-11-29(27)30)39-40-34(31-13-5-8-16-37(31)43-40)24-35-32-14-6-9-17-38(32)44-41(35)39/h2-24H. The number of hydrogen-bond donors (Lipinski definition) is 0. The SMILES string of the molecule is [C-]#[N+]c1ccccc1-c1ccc(-c2ccc(-c3c4oc5ccccc5c4cc4c3oc3ccccc34)c3ccccc23)cc1. The molecule has 3 heteroatoms. The number of furan rings is 2. The van der Waals surface area contributed by atoms with E-state index in [1.807, 2.05) is 48.5 Å². The molecule has 204 valence electrons.